The molecule has 1 aromatic heterocycles. The molecule has 0 aliphatic carbocycles. The third-order valence-electron chi connectivity index (χ3n) is 10.7. The summed E-state index contributed by atoms with van der Waals surface area (Å²) in [6.45, 7) is 33.6. The van der Waals surface area contributed by atoms with Gasteiger partial charge >= 0.3 is 17.1 Å². The molecule has 0 atom stereocenters. The molecular formula is C48H63N3O9. The summed E-state index contributed by atoms with van der Waals surface area (Å²) >= 11 is 0. The first-order valence-electron chi connectivity index (χ1n) is 20.1. The van der Waals surface area contributed by atoms with Crippen molar-refractivity contribution >= 4 is 17.7 Å². The number of carbonyl (C=O) groups excluding carboxylic acids is 3. The Morgan fingerprint density at radius 2 is 0.533 bits per heavy atom. The minimum absolute atomic E-state index is 0.0497. The lowest BCUT2D eigenvalue weighted by Gasteiger charge is -2.31. The number of benzene rings is 3. The number of aromatic nitrogens is 3. The molecule has 0 fully saturated rings. The Bertz CT molecular complexity index is 2310. The van der Waals surface area contributed by atoms with Crippen LogP contribution in [0.1, 0.15) is 189 Å². The molecule has 3 N–H and O–H groups in total. The highest BCUT2D eigenvalue weighted by Gasteiger charge is 2.38. The number of aromatic hydroxyl groups is 3. The maximum Gasteiger partial charge on any atom is 0.350 e. The number of nitrogens with zero attached hydrogens (tertiary/aromatic N) is 3. The monoisotopic (exact) mass is 825 g/mol. The third kappa shape index (κ3) is 8.30. The van der Waals surface area contributed by atoms with Crippen LogP contribution in [0.4, 0.5) is 0 Å². The van der Waals surface area contributed by atoms with Crippen LogP contribution in [0.2, 0.25) is 0 Å². The van der Waals surface area contributed by atoms with Gasteiger partial charge in [0, 0.05) is 16.7 Å². The molecule has 12 nitrogen and oxygen atoms in total. The average molecular weight is 826 g/mol. The smallest absolute Gasteiger partial charge is 0.350 e. The largest absolute Gasteiger partial charge is 0.507 e. The van der Waals surface area contributed by atoms with Crippen LogP contribution in [0.15, 0.2) is 50.8 Å². The van der Waals surface area contributed by atoms with E-state index in [0.29, 0.717) is 33.4 Å². The summed E-state index contributed by atoms with van der Waals surface area (Å²) in [6.07, 6.45) is 0. The van der Waals surface area contributed by atoms with Crippen LogP contribution in [0.25, 0.3) is 0 Å². The predicted octanol–water partition coefficient (Wildman–Crippen LogP) is 8.14. The average Bonchev–Trinajstić information content (AvgIpc) is 3.04. The van der Waals surface area contributed by atoms with Gasteiger partial charge in [0.2, 0.25) is 0 Å². The molecular weight excluding hydrogens is 763 g/mol. The number of carbonyl (C=O) groups is 3. The molecule has 4 rings (SSSR count). The summed E-state index contributed by atoms with van der Waals surface area (Å²) in [6, 6.07) is 8.49. The van der Waals surface area contributed by atoms with E-state index >= 15 is 0 Å². The van der Waals surface area contributed by atoms with Crippen molar-refractivity contribution in [3.8, 4) is 17.2 Å². The van der Waals surface area contributed by atoms with E-state index in [1.54, 1.807) is 18.2 Å². The van der Waals surface area contributed by atoms with Crippen molar-refractivity contribution in [3.63, 3.8) is 0 Å². The highest BCUT2D eigenvalue weighted by Crippen LogP contribution is 2.44. The van der Waals surface area contributed by atoms with Crippen LogP contribution in [0.5, 0.6) is 17.2 Å². The SMILES string of the molecule is CC(C)(C)c1ccc(C(=O)n2c(=O)n(C(=O)c3ccc(C(C)(C)C)c(C(C)(C)C)c3O)c(=O)n(C(=O)c3ccc(C(C)(C)C)c(C(C)(C)C)c3O)c2=O)c(O)c1C(C)(C)C. The molecule has 0 unspecified atom stereocenters. The van der Waals surface area contributed by atoms with Gasteiger partial charge in [0.1, 0.15) is 17.2 Å². The fourth-order valence-electron chi connectivity index (χ4n) is 7.87. The molecule has 1 heterocycles. The van der Waals surface area contributed by atoms with Gasteiger partial charge in [-0.25, -0.2) is 14.4 Å². The van der Waals surface area contributed by atoms with Crippen molar-refractivity contribution in [2.45, 2.75) is 157 Å². The lowest BCUT2D eigenvalue weighted by molar-refractivity contribution is 0.0896. The van der Waals surface area contributed by atoms with Crippen LogP contribution >= 0.6 is 0 Å². The zero-order valence-corrected chi connectivity index (χ0v) is 38.6. The zero-order chi connectivity index (χ0) is 46.4. The molecule has 324 valence electrons. The lowest BCUT2D eigenvalue weighted by atomic mass is 9.74. The standard InChI is InChI=1S/C48H63N3O9/c1-43(2,3)28-22-19-25(34(52)31(28)46(10,11)12)37(55)49-40(58)50(38(56)26-20-23-29(44(4,5)6)32(35(26)53)47(13,14)15)42(60)51(41(49)59)39(57)27-21-24-30(45(7,8)9)33(36(27)54)48(16,17)18/h19-24,52-54H,1-18H3. The van der Waals surface area contributed by atoms with Crippen molar-refractivity contribution in [3.05, 3.63) is 118 Å². The normalized spacial score (nSPS) is 13.1. The van der Waals surface area contributed by atoms with Crippen LogP contribution in [0, 0.1) is 0 Å². The predicted molar refractivity (Wildman–Crippen MR) is 235 cm³/mol. The molecule has 4 aromatic rings. The van der Waals surface area contributed by atoms with E-state index in [0.717, 1.165) is 0 Å². The van der Waals surface area contributed by atoms with Crippen molar-refractivity contribution in [2.75, 3.05) is 0 Å². The minimum Gasteiger partial charge on any atom is -0.507 e. The topological polar surface area (TPSA) is 178 Å². The Hall–Kier alpha value is -5.52. The summed E-state index contributed by atoms with van der Waals surface area (Å²) in [5.74, 6) is -5.90. The van der Waals surface area contributed by atoms with E-state index in [2.05, 4.69) is 0 Å². The fraction of sp³-hybridized carbons (Fsp3) is 0.500. The first-order chi connectivity index (χ1) is 26.9. The van der Waals surface area contributed by atoms with Crippen molar-refractivity contribution in [1.29, 1.82) is 0 Å². The number of rotatable bonds is 3. The molecule has 0 aliphatic rings. The van der Waals surface area contributed by atoms with Gasteiger partial charge < -0.3 is 15.3 Å². The van der Waals surface area contributed by atoms with Gasteiger partial charge in [-0.2, -0.15) is 13.7 Å². The van der Waals surface area contributed by atoms with Gasteiger partial charge in [-0.1, -0.05) is 143 Å². The molecule has 0 saturated carbocycles. The van der Waals surface area contributed by atoms with Crippen LogP contribution < -0.4 is 17.1 Å². The van der Waals surface area contributed by atoms with Gasteiger partial charge in [0.25, 0.3) is 17.7 Å². The maximum atomic E-state index is 14.7. The number of phenolic OH excluding ortho intramolecular Hbond substituents is 3. The minimum atomic E-state index is -1.74. The first-order valence-corrected chi connectivity index (χ1v) is 20.1. The van der Waals surface area contributed by atoms with E-state index in [9.17, 15) is 44.1 Å². The molecule has 0 radical (unpaired) electrons. The Balaban J connectivity index is 2.24. The highest BCUT2D eigenvalue weighted by atomic mass is 16.3. The van der Waals surface area contributed by atoms with Gasteiger partial charge in [-0.05, 0) is 67.4 Å². The van der Waals surface area contributed by atoms with E-state index in [-0.39, 0.29) is 13.7 Å². The van der Waals surface area contributed by atoms with Crippen molar-refractivity contribution in [1.82, 2.24) is 13.7 Å². The maximum absolute atomic E-state index is 14.7. The second-order valence-corrected chi connectivity index (χ2v) is 21.9. The molecule has 3 aromatic carbocycles. The second-order valence-electron chi connectivity index (χ2n) is 21.9. The van der Waals surface area contributed by atoms with Crippen LogP contribution in [-0.2, 0) is 32.5 Å². The molecule has 0 aliphatic heterocycles. The number of hydrogen-bond donors (Lipinski definition) is 3. The van der Waals surface area contributed by atoms with E-state index in [1.807, 2.05) is 125 Å². The summed E-state index contributed by atoms with van der Waals surface area (Å²) in [4.78, 5) is 87.6. The second kappa shape index (κ2) is 14.9. The summed E-state index contributed by atoms with van der Waals surface area (Å²) in [7, 11) is 0. The molecule has 0 saturated heterocycles. The Morgan fingerprint density at radius 3 is 0.683 bits per heavy atom. The van der Waals surface area contributed by atoms with Gasteiger partial charge in [0.05, 0.1) is 16.7 Å². The molecule has 0 spiro atoms. The molecule has 0 bridgehead atoms. The van der Waals surface area contributed by atoms with Gasteiger partial charge in [-0.3, -0.25) is 14.4 Å². The fourth-order valence-corrected chi connectivity index (χ4v) is 7.87. The van der Waals surface area contributed by atoms with Crippen LogP contribution in [-0.4, -0.2) is 46.7 Å². The van der Waals surface area contributed by atoms with E-state index < -0.39 is 101 Å². The summed E-state index contributed by atoms with van der Waals surface area (Å²) in [5.41, 5.74) is -7.50. The van der Waals surface area contributed by atoms with Crippen molar-refractivity contribution in [2.24, 2.45) is 0 Å². The number of hydrogen-bond acceptors (Lipinski definition) is 9. The highest BCUT2D eigenvalue weighted by molar-refractivity contribution is 6.03. The lowest BCUT2D eigenvalue weighted by Crippen LogP contribution is -2.59. The van der Waals surface area contributed by atoms with Crippen LogP contribution in [0.3, 0.4) is 0 Å². The first kappa shape index (κ1) is 47.2. The van der Waals surface area contributed by atoms with Gasteiger partial charge in [0.15, 0.2) is 0 Å². The Morgan fingerprint density at radius 1 is 0.350 bits per heavy atom. The summed E-state index contributed by atoms with van der Waals surface area (Å²) in [5, 5.41) is 35.4. The molecule has 12 heteroatoms. The van der Waals surface area contributed by atoms with E-state index in [4.69, 9.17) is 0 Å². The Labute approximate surface area is 352 Å². The third-order valence-corrected chi connectivity index (χ3v) is 10.7. The molecule has 0 amide bonds. The van der Waals surface area contributed by atoms with Crippen molar-refractivity contribution < 1.29 is 29.7 Å². The van der Waals surface area contributed by atoms with Gasteiger partial charge in [-0.15, -0.1) is 0 Å². The summed E-state index contributed by atoms with van der Waals surface area (Å²) < 4.78 is -0.149. The molecule has 60 heavy (non-hydrogen) atoms. The zero-order valence-electron chi connectivity index (χ0n) is 38.6. The van der Waals surface area contributed by atoms with E-state index in [1.165, 1.54) is 18.2 Å². The number of phenols is 3. The Kier molecular flexibility index (Phi) is 11.7. The quantitative estimate of drug-likeness (QED) is 0.184.